The molecule has 0 saturated heterocycles. The van der Waals surface area contributed by atoms with Crippen LogP contribution in [0.25, 0.3) is 0 Å². The van der Waals surface area contributed by atoms with E-state index in [4.69, 9.17) is 10.5 Å². The first-order valence-electron chi connectivity index (χ1n) is 9.47. The maximum atomic E-state index is 12.4. The summed E-state index contributed by atoms with van der Waals surface area (Å²) in [5.74, 6) is 1.19. The maximum absolute atomic E-state index is 12.4. The number of hydrogen-bond donors (Lipinski definition) is 3. The Morgan fingerprint density at radius 2 is 2.03 bits per heavy atom. The second kappa shape index (κ2) is 8.55. The highest BCUT2D eigenvalue weighted by Gasteiger charge is 2.22. The molecule has 8 heteroatoms. The van der Waals surface area contributed by atoms with Gasteiger partial charge >= 0.3 is 0 Å². The van der Waals surface area contributed by atoms with Crippen molar-refractivity contribution in [3.8, 4) is 5.88 Å². The number of carbonyl (C=O) groups excluding carboxylic acids is 1. The van der Waals surface area contributed by atoms with Crippen molar-refractivity contribution in [1.29, 1.82) is 0 Å². The molecule has 3 aromatic rings. The van der Waals surface area contributed by atoms with Crippen LogP contribution in [-0.2, 0) is 6.54 Å². The molecule has 4 rings (SSSR count). The highest BCUT2D eigenvalue weighted by Crippen LogP contribution is 2.29. The number of carbonyl (C=O) groups is 1. The van der Waals surface area contributed by atoms with Crippen LogP contribution < -0.4 is 21.1 Å². The SMILES string of the molecule is Nc1ncccc1NCc1cccc(NC(=O)c2cnc(OCC3CC3)cn2)c1. The zero-order chi connectivity index (χ0) is 20.1. The fraction of sp³-hybridized carbons (Fsp3) is 0.238. The Morgan fingerprint density at radius 1 is 1.14 bits per heavy atom. The van der Waals surface area contributed by atoms with E-state index in [-0.39, 0.29) is 11.6 Å². The van der Waals surface area contributed by atoms with Gasteiger partial charge in [0.25, 0.3) is 5.91 Å². The van der Waals surface area contributed by atoms with E-state index >= 15 is 0 Å². The molecule has 4 N–H and O–H groups in total. The van der Waals surface area contributed by atoms with Crippen LogP contribution in [0.1, 0.15) is 28.9 Å². The molecular formula is C21H22N6O2. The summed E-state index contributed by atoms with van der Waals surface area (Å²) in [6.45, 7) is 1.21. The quantitative estimate of drug-likeness (QED) is 0.541. The Kier molecular flexibility index (Phi) is 5.51. The van der Waals surface area contributed by atoms with Gasteiger partial charge in [-0.1, -0.05) is 12.1 Å². The molecule has 29 heavy (non-hydrogen) atoms. The van der Waals surface area contributed by atoms with E-state index < -0.39 is 0 Å². The molecule has 8 nitrogen and oxygen atoms in total. The van der Waals surface area contributed by atoms with Crippen LogP contribution in [-0.4, -0.2) is 27.5 Å². The minimum absolute atomic E-state index is 0.232. The van der Waals surface area contributed by atoms with Gasteiger partial charge in [0, 0.05) is 18.4 Å². The number of rotatable bonds is 8. The van der Waals surface area contributed by atoms with Crippen LogP contribution in [0.15, 0.2) is 55.0 Å². The molecule has 1 fully saturated rings. The van der Waals surface area contributed by atoms with E-state index in [0.29, 0.717) is 36.5 Å². The van der Waals surface area contributed by atoms with Crippen LogP contribution in [0.4, 0.5) is 17.2 Å². The van der Waals surface area contributed by atoms with Gasteiger partial charge in [0.2, 0.25) is 5.88 Å². The summed E-state index contributed by atoms with van der Waals surface area (Å²) in [6, 6.07) is 11.2. The minimum Gasteiger partial charge on any atom is -0.476 e. The number of hydrogen-bond acceptors (Lipinski definition) is 7. The fourth-order valence-corrected chi connectivity index (χ4v) is 2.71. The van der Waals surface area contributed by atoms with Gasteiger partial charge < -0.3 is 21.1 Å². The summed E-state index contributed by atoms with van der Waals surface area (Å²) in [5, 5.41) is 6.08. The van der Waals surface area contributed by atoms with Gasteiger partial charge in [-0.25, -0.2) is 15.0 Å². The van der Waals surface area contributed by atoms with Gasteiger partial charge in [0.1, 0.15) is 11.5 Å². The summed E-state index contributed by atoms with van der Waals surface area (Å²) < 4.78 is 5.54. The van der Waals surface area contributed by atoms with E-state index in [2.05, 4.69) is 25.6 Å². The number of nitrogens with two attached hydrogens (primary N) is 1. The van der Waals surface area contributed by atoms with Crippen molar-refractivity contribution >= 4 is 23.1 Å². The van der Waals surface area contributed by atoms with Gasteiger partial charge in [0.15, 0.2) is 0 Å². The third-order valence-corrected chi connectivity index (χ3v) is 4.53. The molecule has 0 atom stereocenters. The topological polar surface area (TPSA) is 115 Å². The first-order chi connectivity index (χ1) is 14.2. The summed E-state index contributed by atoms with van der Waals surface area (Å²) in [6.07, 6.45) is 6.96. The maximum Gasteiger partial charge on any atom is 0.275 e. The Hall–Kier alpha value is -3.68. The standard InChI is InChI=1S/C21H22N6O2/c22-20-17(5-2-8-23-20)24-10-15-3-1-4-16(9-15)27-21(28)18-11-26-19(12-25-18)29-13-14-6-7-14/h1-5,8-9,11-12,14,24H,6-7,10,13H2,(H2,22,23)(H,27,28). The smallest absolute Gasteiger partial charge is 0.275 e. The normalized spacial score (nSPS) is 13.0. The summed E-state index contributed by atoms with van der Waals surface area (Å²) in [4.78, 5) is 24.8. The summed E-state index contributed by atoms with van der Waals surface area (Å²) >= 11 is 0. The zero-order valence-electron chi connectivity index (χ0n) is 15.8. The van der Waals surface area contributed by atoms with Crippen molar-refractivity contribution in [3.05, 3.63) is 66.2 Å². The highest BCUT2D eigenvalue weighted by molar-refractivity contribution is 6.02. The molecule has 2 aromatic heterocycles. The third-order valence-electron chi connectivity index (χ3n) is 4.53. The number of anilines is 3. The van der Waals surface area contributed by atoms with Crippen molar-refractivity contribution in [2.75, 3.05) is 23.0 Å². The summed E-state index contributed by atoms with van der Waals surface area (Å²) in [7, 11) is 0. The molecule has 0 bridgehead atoms. The number of nitrogens with one attached hydrogen (secondary N) is 2. The number of ether oxygens (including phenoxy) is 1. The minimum atomic E-state index is -0.326. The van der Waals surface area contributed by atoms with E-state index in [1.54, 1.807) is 6.20 Å². The molecule has 1 aliphatic carbocycles. The second-order valence-corrected chi connectivity index (χ2v) is 6.94. The Labute approximate surface area is 168 Å². The van der Waals surface area contributed by atoms with E-state index in [1.165, 1.54) is 25.2 Å². The zero-order valence-corrected chi connectivity index (χ0v) is 15.8. The van der Waals surface area contributed by atoms with Crippen LogP contribution in [0.2, 0.25) is 0 Å². The predicted octanol–water partition coefficient (Wildman–Crippen LogP) is 3.11. The molecule has 1 saturated carbocycles. The number of amides is 1. The molecule has 148 valence electrons. The van der Waals surface area contributed by atoms with Crippen LogP contribution >= 0.6 is 0 Å². The van der Waals surface area contributed by atoms with Crippen LogP contribution in [0.5, 0.6) is 5.88 Å². The van der Waals surface area contributed by atoms with Crippen molar-refractivity contribution < 1.29 is 9.53 Å². The lowest BCUT2D eigenvalue weighted by Gasteiger charge is -2.10. The van der Waals surface area contributed by atoms with Crippen LogP contribution in [0, 0.1) is 5.92 Å². The molecule has 0 aliphatic heterocycles. The van der Waals surface area contributed by atoms with Gasteiger partial charge in [-0.15, -0.1) is 0 Å². The van der Waals surface area contributed by atoms with E-state index in [1.807, 2.05) is 36.4 Å². The number of aromatic nitrogens is 3. The lowest BCUT2D eigenvalue weighted by molar-refractivity contribution is 0.102. The Bertz CT molecular complexity index is 988. The average Bonchev–Trinajstić information content (AvgIpc) is 3.57. The van der Waals surface area contributed by atoms with Crippen molar-refractivity contribution in [2.45, 2.75) is 19.4 Å². The number of benzene rings is 1. The second-order valence-electron chi connectivity index (χ2n) is 6.94. The highest BCUT2D eigenvalue weighted by atomic mass is 16.5. The third kappa shape index (κ3) is 5.19. The van der Waals surface area contributed by atoms with Gasteiger partial charge in [-0.05, 0) is 48.6 Å². The summed E-state index contributed by atoms with van der Waals surface area (Å²) in [5.41, 5.74) is 8.49. The average molecular weight is 390 g/mol. The molecule has 2 heterocycles. The molecular weight excluding hydrogens is 368 g/mol. The van der Waals surface area contributed by atoms with Gasteiger partial charge in [-0.3, -0.25) is 4.79 Å². The molecule has 0 radical (unpaired) electrons. The number of pyridine rings is 1. The lowest BCUT2D eigenvalue weighted by atomic mass is 10.2. The van der Waals surface area contributed by atoms with E-state index in [0.717, 1.165) is 11.3 Å². The Balaban J connectivity index is 1.34. The Morgan fingerprint density at radius 3 is 2.79 bits per heavy atom. The fourth-order valence-electron chi connectivity index (χ4n) is 2.71. The van der Waals surface area contributed by atoms with E-state index in [9.17, 15) is 4.79 Å². The van der Waals surface area contributed by atoms with Crippen molar-refractivity contribution in [3.63, 3.8) is 0 Å². The van der Waals surface area contributed by atoms with Gasteiger partial charge in [0.05, 0.1) is 24.7 Å². The molecule has 0 unspecified atom stereocenters. The van der Waals surface area contributed by atoms with Crippen molar-refractivity contribution in [1.82, 2.24) is 15.0 Å². The first kappa shape index (κ1) is 18.7. The molecule has 1 aromatic carbocycles. The molecule has 0 spiro atoms. The monoisotopic (exact) mass is 390 g/mol. The number of nitrogen functional groups attached to an aromatic ring is 1. The predicted molar refractivity (Wildman–Crippen MR) is 111 cm³/mol. The first-order valence-corrected chi connectivity index (χ1v) is 9.47. The van der Waals surface area contributed by atoms with Gasteiger partial charge in [-0.2, -0.15) is 0 Å². The van der Waals surface area contributed by atoms with Crippen LogP contribution in [0.3, 0.4) is 0 Å². The number of nitrogens with zero attached hydrogens (tertiary/aromatic N) is 3. The largest absolute Gasteiger partial charge is 0.476 e. The molecule has 1 amide bonds. The van der Waals surface area contributed by atoms with Crippen molar-refractivity contribution in [2.24, 2.45) is 5.92 Å². The lowest BCUT2D eigenvalue weighted by Crippen LogP contribution is -2.14. The molecule has 1 aliphatic rings.